The summed E-state index contributed by atoms with van der Waals surface area (Å²) in [5, 5.41) is 3.48. The third kappa shape index (κ3) is 6.27. The number of hydrogen-bond acceptors (Lipinski definition) is 8. The molecule has 2 aromatic carbocycles. The van der Waals surface area contributed by atoms with Crippen molar-refractivity contribution >= 4 is 29.2 Å². The predicted molar refractivity (Wildman–Crippen MR) is 139 cm³/mol. The molecule has 0 aliphatic carbocycles. The van der Waals surface area contributed by atoms with Crippen molar-refractivity contribution in [2.45, 2.75) is 45.7 Å². The Morgan fingerprint density at radius 2 is 2.00 bits per heavy atom. The highest BCUT2D eigenvalue weighted by Gasteiger charge is 2.29. The van der Waals surface area contributed by atoms with Crippen molar-refractivity contribution in [3.8, 4) is 5.75 Å². The number of ether oxygens (including phenoxy) is 2. The first-order chi connectivity index (χ1) is 17.3. The van der Waals surface area contributed by atoms with Gasteiger partial charge in [0.2, 0.25) is 5.91 Å². The predicted octanol–water partition coefficient (Wildman–Crippen LogP) is 2.94. The maximum atomic E-state index is 12.2. The molecule has 192 valence electrons. The zero-order chi connectivity index (χ0) is 25.7. The third-order valence-corrected chi connectivity index (χ3v) is 6.51. The highest BCUT2D eigenvalue weighted by Crippen LogP contribution is 2.31. The van der Waals surface area contributed by atoms with E-state index in [1.807, 2.05) is 50.2 Å². The van der Waals surface area contributed by atoms with Crippen molar-refractivity contribution in [3.05, 3.63) is 53.6 Å². The van der Waals surface area contributed by atoms with Crippen LogP contribution in [0.5, 0.6) is 5.75 Å². The summed E-state index contributed by atoms with van der Waals surface area (Å²) in [5.41, 5.74) is 15.8. The Kier molecular flexibility index (Phi) is 7.97. The van der Waals surface area contributed by atoms with Gasteiger partial charge in [0.15, 0.2) is 5.96 Å². The fraction of sp³-hybridized carbons (Fsp3) is 0.444. The van der Waals surface area contributed by atoms with Crippen LogP contribution in [0, 0.1) is 11.8 Å². The van der Waals surface area contributed by atoms with Crippen molar-refractivity contribution in [3.63, 3.8) is 0 Å². The first-order valence-electron chi connectivity index (χ1n) is 12.4. The molecule has 4 rings (SSSR count). The Bertz CT molecular complexity index is 1130. The molecule has 2 atom stereocenters. The minimum Gasteiger partial charge on any atom is -0.493 e. The van der Waals surface area contributed by atoms with E-state index in [0.717, 1.165) is 24.1 Å². The zero-order valence-corrected chi connectivity index (χ0v) is 20.9. The molecule has 0 aromatic heterocycles. The van der Waals surface area contributed by atoms with Crippen LogP contribution in [0.1, 0.15) is 37.8 Å². The van der Waals surface area contributed by atoms with Gasteiger partial charge < -0.3 is 31.2 Å². The summed E-state index contributed by atoms with van der Waals surface area (Å²) in [7, 11) is 0. The molecule has 5 N–H and O–H groups in total. The second-order valence-corrected chi connectivity index (χ2v) is 9.79. The number of guanidine groups is 1. The van der Waals surface area contributed by atoms with Gasteiger partial charge >= 0.3 is 5.97 Å². The van der Waals surface area contributed by atoms with Gasteiger partial charge in [0.1, 0.15) is 12.3 Å². The molecule has 9 nitrogen and oxygen atoms in total. The van der Waals surface area contributed by atoms with Crippen molar-refractivity contribution in [1.29, 1.82) is 0 Å². The number of carbonyl (C=O) groups is 2. The summed E-state index contributed by atoms with van der Waals surface area (Å²) in [6, 6.07) is 13.7. The molecule has 0 spiro atoms. The Hall–Kier alpha value is -3.75. The smallest absolute Gasteiger partial charge is 0.325 e. The van der Waals surface area contributed by atoms with Gasteiger partial charge in [-0.05, 0) is 48.4 Å². The SMILES string of the molecule is CC(C)COC(=O)CN1Cc2ccc(OCCC(C(N)=O)C3CCc4ccccc4N3)cc2N=C1N. The standard InChI is InChI=1S/C27H35N5O4/c1-17(2)16-36-25(33)15-32-14-19-7-9-20(13-24(19)31-27(32)29)35-12-11-21(26(28)34)23-10-8-18-5-3-4-6-22(18)30-23/h3-7,9,13,17,21,23,30H,8,10-12,14-16H2,1-2H3,(H2,28,34)(H2,29,31). The van der Waals surface area contributed by atoms with E-state index in [9.17, 15) is 9.59 Å². The second-order valence-electron chi connectivity index (χ2n) is 9.79. The second kappa shape index (κ2) is 11.3. The van der Waals surface area contributed by atoms with Crippen LogP contribution in [0.25, 0.3) is 0 Å². The number of amides is 1. The van der Waals surface area contributed by atoms with Gasteiger partial charge in [-0.1, -0.05) is 38.1 Å². The minimum absolute atomic E-state index is 0.0212. The maximum Gasteiger partial charge on any atom is 0.325 e. The molecule has 1 amide bonds. The van der Waals surface area contributed by atoms with E-state index in [1.54, 1.807) is 4.90 Å². The van der Waals surface area contributed by atoms with Gasteiger partial charge in [-0.25, -0.2) is 4.99 Å². The third-order valence-electron chi connectivity index (χ3n) is 6.51. The molecule has 0 saturated carbocycles. The monoisotopic (exact) mass is 493 g/mol. The number of para-hydroxylation sites is 1. The average Bonchev–Trinajstić information content (AvgIpc) is 2.85. The molecule has 0 saturated heterocycles. The van der Waals surface area contributed by atoms with Crippen LogP contribution in [0.4, 0.5) is 11.4 Å². The molecule has 2 aromatic rings. The van der Waals surface area contributed by atoms with Gasteiger partial charge in [0.05, 0.1) is 24.8 Å². The molecule has 2 unspecified atom stereocenters. The van der Waals surface area contributed by atoms with Gasteiger partial charge in [-0.2, -0.15) is 0 Å². The number of anilines is 1. The van der Waals surface area contributed by atoms with Crippen molar-refractivity contribution in [1.82, 2.24) is 4.90 Å². The molecule has 36 heavy (non-hydrogen) atoms. The lowest BCUT2D eigenvalue weighted by Gasteiger charge is -2.31. The molecular formula is C27H35N5O4. The van der Waals surface area contributed by atoms with E-state index < -0.39 is 0 Å². The Morgan fingerprint density at radius 1 is 1.19 bits per heavy atom. The largest absolute Gasteiger partial charge is 0.493 e. The van der Waals surface area contributed by atoms with Crippen LogP contribution < -0.4 is 21.5 Å². The highest BCUT2D eigenvalue weighted by molar-refractivity contribution is 5.87. The Balaban J connectivity index is 1.32. The number of hydrogen-bond donors (Lipinski definition) is 3. The quantitative estimate of drug-likeness (QED) is 0.434. The summed E-state index contributed by atoms with van der Waals surface area (Å²) in [6.45, 7) is 5.20. The molecular weight excluding hydrogens is 458 g/mol. The number of nitrogens with one attached hydrogen (secondary N) is 1. The van der Waals surface area contributed by atoms with E-state index in [2.05, 4.69) is 16.4 Å². The number of primary amides is 1. The molecule has 0 fully saturated rings. The Morgan fingerprint density at radius 3 is 2.78 bits per heavy atom. The van der Waals surface area contributed by atoms with E-state index >= 15 is 0 Å². The lowest BCUT2D eigenvalue weighted by molar-refractivity contribution is -0.145. The summed E-state index contributed by atoms with van der Waals surface area (Å²) in [6.07, 6.45) is 2.26. The van der Waals surface area contributed by atoms with Crippen LogP contribution in [0.15, 0.2) is 47.5 Å². The number of nitrogens with zero attached hydrogens (tertiary/aromatic N) is 2. The molecule has 0 bridgehead atoms. The summed E-state index contributed by atoms with van der Waals surface area (Å²) < 4.78 is 11.2. The van der Waals surface area contributed by atoms with Crippen LogP contribution in [-0.2, 0) is 27.3 Å². The van der Waals surface area contributed by atoms with Crippen LogP contribution in [0.2, 0.25) is 0 Å². The normalized spacial score (nSPS) is 17.4. The van der Waals surface area contributed by atoms with E-state index in [-0.39, 0.29) is 42.3 Å². The van der Waals surface area contributed by atoms with Gasteiger partial charge in [-0.15, -0.1) is 0 Å². The fourth-order valence-corrected chi connectivity index (χ4v) is 4.56. The minimum atomic E-state index is -0.339. The first kappa shape index (κ1) is 25.3. The lowest BCUT2D eigenvalue weighted by atomic mass is 9.87. The maximum absolute atomic E-state index is 12.2. The zero-order valence-electron chi connectivity index (χ0n) is 20.9. The van der Waals surface area contributed by atoms with Crippen molar-refractivity contribution in [2.24, 2.45) is 28.3 Å². The van der Waals surface area contributed by atoms with Gasteiger partial charge in [0.25, 0.3) is 0 Å². The highest BCUT2D eigenvalue weighted by atomic mass is 16.5. The molecule has 2 aliphatic heterocycles. The fourth-order valence-electron chi connectivity index (χ4n) is 4.56. The number of esters is 1. The Labute approximate surface area is 211 Å². The first-order valence-corrected chi connectivity index (χ1v) is 12.4. The number of aliphatic imine (C=N–C) groups is 1. The van der Waals surface area contributed by atoms with Crippen molar-refractivity contribution in [2.75, 3.05) is 25.1 Å². The van der Waals surface area contributed by atoms with E-state index in [1.165, 1.54) is 5.56 Å². The lowest BCUT2D eigenvalue weighted by Crippen LogP contribution is -2.42. The number of aryl methyl sites for hydroxylation is 1. The topological polar surface area (TPSA) is 132 Å². The molecule has 2 heterocycles. The van der Waals surface area contributed by atoms with Gasteiger partial charge in [-0.3, -0.25) is 9.59 Å². The molecule has 2 aliphatic rings. The number of fused-ring (bicyclic) bond motifs is 2. The number of rotatable bonds is 10. The van der Waals surface area contributed by atoms with Crippen LogP contribution in [-0.4, -0.2) is 48.5 Å². The van der Waals surface area contributed by atoms with Crippen LogP contribution in [0.3, 0.4) is 0 Å². The number of nitrogens with two attached hydrogens (primary N) is 2. The summed E-state index contributed by atoms with van der Waals surface area (Å²) >= 11 is 0. The molecule has 9 heteroatoms. The van der Waals surface area contributed by atoms with E-state index in [0.29, 0.717) is 37.6 Å². The number of carbonyl (C=O) groups excluding carboxylic acids is 2. The summed E-state index contributed by atoms with van der Waals surface area (Å²) in [5.74, 6) is 0.178. The average molecular weight is 494 g/mol. The number of benzene rings is 2. The van der Waals surface area contributed by atoms with Gasteiger partial charge in [0, 0.05) is 24.3 Å². The van der Waals surface area contributed by atoms with Crippen molar-refractivity contribution < 1.29 is 19.1 Å². The van der Waals surface area contributed by atoms with Crippen LogP contribution >= 0.6 is 0 Å². The van der Waals surface area contributed by atoms with E-state index in [4.69, 9.17) is 20.9 Å². The summed E-state index contributed by atoms with van der Waals surface area (Å²) in [4.78, 5) is 30.5. The molecule has 0 radical (unpaired) electrons.